The fourth-order valence-corrected chi connectivity index (χ4v) is 5.79. The van der Waals surface area contributed by atoms with Crippen LogP contribution in [-0.4, -0.2) is 35.7 Å². The van der Waals surface area contributed by atoms with Crippen molar-refractivity contribution >= 4 is 17.4 Å². The lowest BCUT2D eigenvalue weighted by molar-refractivity contribution is -0.253. The standard InChI is InChI=1S/C40H41N3O5/c1-28(30-10-5-3-6-11-30)43(2)26-37-25-38(31-18-16-29(27-44)17-19-31)48-39(47-37)32-12-9-13-34(24-32)42-40(45)41-33-20-22-36(23-21-33)46-35-14-7-4-8-15-35/h3-24,28,37-39,44H,25-27H2,1-2H3,(H2,41,42,45)/t28-,37-,38+,39+/m0/s1. The highest BCUT2D eigenvalue weighted by Crippen LogP contribution is 2.39. The van der Waals surface area contributed by atoms with Crippen LogP contribution in [0, 0.1) is 0 Å². The smallest absolute Gasteiger partial charge is 0.323 e. The number of hydrogen-bond acceptors (Lipinski definition) is 6. The van der Waals surface area contributed by atoms with Crippen LogP contribution in [-0.2, 0) is 16.1 Å². The Morgan fingerprint density at radius 2 is 1.46 bits per heavy atom. The average Bonchev–Trinajstić information content (AvgIpc) is 3.13. The van der Waals surface area contributed by atoms with Crippen molar-refractivity contribution in [1.29, 1.82) is 0 Å². The Balaban J connectivity index is 1.13. The van der Waals surface area contributed by atoms with Crippen molar-refractivity contribution in [3.8, 4) is 11.5 Å². The minimum absolute atomic E-state index is 0.0102. The second-order valence-electron chi connectivity index (χ2n) is 12.0. The summed E-state index contributed by atoms with van der Waals surface area (Å²) in [5.74, 6) is 1.42. The highest BCUT2D eigenvalue weighted by atomic mass is 16.7. The second-order valence-corrected chi connectivity index (χ2v) is 12.0. The molecule has 0 aromatic heterocycles. The molecule has 6 rings (SSSR count). The first-order valence-corrected chi connectivity index (χ1v) is 16.2. The molecule has 1 aliphatic rings. The third-order valence-corrected chi connectivity index (χ3v) is 8.56. The SMILES string of the molecule is C[C@@H](c1ccccc1)N(C)C[C@@H]1C[C@H](c2ccc(CO)cc2)O[C@H](c2cccc(NC(=O)Nc3ccc(Oc4ccccc4)cc3)c2)O1. The first-order chi connectivity index (χ1) is 23.4. The Labute approximate surface area is 281 Å². The third-order valence-electron chi connectivity index (χ3n) is 8.56. The van der Waals surface area contributed by atoms with E-state index in [0.717, 1.165) is 22.4 Å². The van der Waals surface area contributed by atoms with Gasteiger partial charge in [0.05, 0.1) is 18.8 Å². The number of para-hydroxylation sites is 1. The van der Waals surface area contributed by atoms with E-state index in [-0.39, 0.29) is 30.9 Å². The van der Waals surface area contributed by atoms with Crippen molar-refractivity contribution in [2.24, 2.45) is 0 Å². The van der Waals surface area contributed by atoms with Crippen molar-refractivity contribution in [1.82, 2.24) is 4.90 Å². The predicted molar refractivity (Wildman–Crippen MR) is 188 cm³/mol. The molecule has 4 atom stereocenters. The Kier molecular flexibility index (Phi) is 10.8. The molecular formula is C40H41N3O5. The summed E-state index contributed by atoms with van der Waals surface area (Å²) in [6, 6.07) is 42.4. The topological polar surface area (TPSA) is 92.3 Å². The molecule has 1 heterocycles. The molecule has 3 N–H and O–H groups in total. The largest absolute Gasteiger partial charge is 0.457 e. The fraction of sp³-hybridized carbons (Fsp3) is 0.225. The summed E-state index contributed by atoms with van der Waals surface area (Å²) >= 11 is 0. The minimum atomic E-state index is -0.645. The van der Waals surface area contributed by atoms with Gasteiger partial charge in [-0.3, -0.25) is 4.90 Å². The lowest BCUT2D eigenvalue weighted by Crippen LogP contribution is -2.38. The van der Waals surface area contributed by atoms with Crippen LogP contribution in [0.25, 0.3) is 0 Å². The van der Waals surface area contributed by atoms with E-state index >= 15 is 0 Å². The van der Waals surface area contributed by atoms with Crippen molar-refractivity contribution in [3.05, 3.63) is 156 Å². The van der Waals surface area contributed by atoms with E-state index in [1.165, 1.54) is 5.56 Å². The first kappa shape index (κ1) is 32.9. The average molecular weight is 644 g/mol. The van der Waals surface area contributed by atoms with Crippen LogP contribution in [0.5, 0.6) is 11.5 Å². The van der Waals surface area contributed by atoms with Gasteiger partial charge in [-0.2, -0.15) is 0 Å². The number of nitrogens with one attached hydrogen (secondary N) is 2. The van der Waals surface area contributed by atoms with E-state index in [1.54, 1.807) is 12.1 Å². The summed E-state index contributed by atoms with van der Waals surface area (Å²) in [5.41, 5.74) is 5.17. The van der Waals surface area contributed by atoms with Gasteiger partial charge < -0.3 is 30.0 Å². The molecule has 1 saturated heterocycles. The third kappa shape index (κ3) is 8.67. The number of carbonyl (C=O) groups is 1. The molecule has 0 saturated carbocycles. The number of hydrogen-bond donors (Lipinski definition) is 3. The Morgan fingerprint density at radius 1 is 0.792 bits per heavy atom. The van der Waals surface area contributed by atoms with Gasteiger partial charge in [0.15, 0.2) is 6.29 Å². The van der Waals surface area contributed by atoms with Crippen molar-refractivity contribution < 1.29 is 24.1 Å². The van der Waals surface area contributed by atoms with Crippen LogP contribution in [0.15, 0.2) is 133 Å². The number of rotatable bonds is 11. The van der Waals surface area contributed by atoms with E-state index < -0.39 is 6.29 Å². The van der Waals surface area contributed by atoms with E-state index in [2.05, 4.69) is 53.8 Å². The summed E-state index contributed by atoms with van der Waals surface area (Å²) < 4.78 is 19.0. The zero-order chi connectivity index (χ0) is 33.3. The zero-order valence-corrected chi connectivity index (χ0v) is 27.2. The quantitative estimate of drug-likeness (QED) is 0.133. The highest BCUT2D eigenvalue weighted by molar-refractivity contribution is 5.99. The van der Waals surface area contributed by atoms with Gasteiger partial charge in [0.25, 0.3) is 0 Å². The van der Waals surface area contributed by atoms with Gasteiger partial charge in [0.1, 0.15) is 11.5 Å². The van der Waals surface area contributed by atoms with Crippen LogP contribution < -0.4 is 15.4 Å². The number of aliphatic hydroxyl groups is 1. The summed E-state index contributed by atoms with van der Waals surface area (Å²) in [4.78, 5) is 15.3. The van der Waals surface area contributed by atoms with Gasteiger partial charge in [-0.25, -0.2) is 4.79 Å². The zero-order valence-electron chi connectivity index (χ0n) is 27.2. The van der Waals surface area contributed by atoms with E-state index in [9.17, 15) is 9.90 Å². The molecule has 0 aliphatic carbocycles. The number of benzene rings is 5. The van der Waals surface area contributed by atoms with E-state index in [4.69, 9.17) is 14.2 Å². The molecule has 5 aromatic carbocycles. The number of likely N-dealkylation sites (N-methyl/N-ethyl adjacent to an activating group) is 1. The summed E-state index contributed by atoms with van der Waals surface area (Å²) in [5, 5.41) is 15.4. The maximum atomic E-state index is 12.9. The van der Waals surface area contributed by atoms with Crippen LogP contribution in [0.3, 0.4) is 0 Å². The molecule has 8 nitrogen and oxygen atoms in total. The van der Waals surface area contributed by atoms with Crippen molar-refractivity contribution in [2.75, 3.05) is 24.2 Å². The molecule has 2 amide bonds. The van der Waals surface area contributed by atoms with Gasteiger partial charge in [-0.05, 0) is 79.2 Å². The molecule has 48 heavy (non-hydrogen) atoms. The Morgan fingerprint density at radius 3 is 2.17 bits per heavy atom. The minimum Gasteiger partial charge on any atom is -0.457 e. The second kappa shape index (κ2) is 15.7. The lowest BCUT2D eigenvalue weighted by atomic mass is 9.99. The summed E-state index contributed by atoms with van der Waals surface area (Å²) in [6.07, 6.45) is -0.295. The molecule has 0 unspecified atom stereocenters. The number of aliphatic hydroxyl groups excluding tert-OH is 1. The maximum Gasteiger partial charge on any atom is 0.323 e. The molecule has 0 bridgehead atoms. The number of nitrogens with zero attached hydrogens (tertiary/aromatic N) is 1. The molecule has 0 radical (unpaired) electrons. The molecule has 0 spiro atoms. The van der Waals surface area contributed by atoms with E-state index in [1.807, 2.05) is 97.1 Å². The molecule has 1 fully saturated rings. The predicted octanol–water partition coefficient (Wildman–Crippen LogP) is 8.85. The van der Waals surface area contributed by atoms with Gasteiger partial charge in [0.2, 0.25) is 0 Å². The van der Waals surface area contributed by atoms with Gasteiger partial charge >= 0.3 is 6.03 Å². The molecule has 5 aromatic rings. The van der Waals surface area contributed by atoms with Crippen LogP contribution in [0.2, 0.25) is 0 Å². The van der Waals surface area contributed by atoms with Crippen LogP contribution >= 0.6 is 0 Å². The lowest BCUT2D eigenvalue weighted by Gasteiger charge is -2.39. The monoisotopic (exact) mass is 643 g/mol. The van der Waals surface area contributed by atoms with E-state index in [0.29, 0.717) is 30.1 Å². The fourth-order valence-electron chi connectivity index (χ4n) is 5.79. The number of ether oxygens (including phenoxy) is 3. The number of anilines is 2. The van der Waals surface area contributed by atoms with Gasteiger partial charge in [-0.15, -0.1) is 0 Å². The number of carbonyl (C=O) groups excluding carboxylic acids is 1. The van der Waals surface area contributed by atoms with Crippen molar-refractivity contribution in [2.45, 2.75) is 44.5 Å². The van der Waals surface area contributed by atoms with Crippen molar-refractivity contribution in [3.63, 3.8) is 0 Å². The number of amides is 2. The normalized spacial score (nSPS) is 18.2. The van der Waals surface area contributed by atoms with Gasteiger partial charge in [0, 0.05) is 35.9 Å². The summed E-state index contributed by atoms with van der Waals surface area (Å²) in [6.45, 7) is 2.89. The Hall–Kier alpha value is -4.99. The first-order valence-electron chi connectivity index (χ1n) is 16.2. The number of urea groups is 1. The molecule has 246 valence electrons. The Bertz CT molecular complexity index is 1750. The van der Waals surface area contributed by atoms with Gasteiger partial charge in [-0.1, -0.05) is 84.9 Å². The molecule has 8 heteroatoms. The highest BCUT2D eigenvalue weighted by Gasteiger charge is 2.33. The summed E-state index contributed by atoms with van der Waals surface area (Å²) in [7, 11) is 2.11. The van der Waals surface area contributed by atoms with Crippen LogP contribution in [0.4, 0.5) is 16.2 Å². The van der Waals surface area contributed by atoms with Crippen LogP contribution in [0.1, 0.15) is 54.0 Å². The maximum absolute atomic E-state index is 12.9. The molecule has 1 aliphatic heterocycles. The molecular weight excluding hydrogens is 602 g/mol.